The van der Waals surface area contributed by atoms with Crippen LogP contribution in [0.25, 0.3) is 17.2 Å². The van der Waals surface area contributed by atoms with Crippen molar-refractivity contribution in [3.63, 3.8) is 0 Å². The van der Waals surface area contributed by atoms with Crippen molar-refractivity contribution in [1.29, 1.82) is 0 Å². The van der Waals surface area contributed by atoms with Crippen molar-refractivity contribution >= 4 is 12.0 Å². The van der Waals surface area contributed by atoms with Crippen LogP contribution in [0.1, 0.15) is 46.6 Å². The summed E-state index contributed by atoms with van der Waals surface area (Å²) in [7, 11) is 0. The van der Waals surface area contributed by atoms with Crippen molar-refractivity contribution in [3.8, 4) is 11.1 Å². The molecule has 0 atom stereocenters. The maximum absolute atomic E-state index is 11.4. The zero-order valence-electron chi connectivity index (χ0n) is 16.1. The Bertz CT molecular complexity index is 575. The summed E-state index contributed by atoms with van der Waals surface area (Å²) in [5, 5.41) is 0. The first-order valence-electron chi connectivity index (χ1n) is 8.71. The van der Waals surface area contributed by atoms with Gasteiger partial charge in [0.1, 0.15) is 0 Å². The molecule has 0 saturated carbocycles. The number of esters is 1. The summed E-state index contributed by atoms with van der Waals surface area (Å²) in [5.41, 5.74) is 3.27. The van der Waals surface area contributed by atoms with E-state index in [0.29, 0.717) is 6.61 Å². The van der Waals surface area contributed by atoms with E-state index in [4.69, 9.17) is 4.74 Å². The van der Waals surface area contributed by atoms with Crippen LogP contribution in [0.4, 0.5) is 0 Å². The Balaban J connectivity index is 0. The second kappa shape index (κ2) is 17.6. The second-order valence-electron chi connectivity index (χ2n) is 4.41. The average molecular weight is 414 g/mol. The molecule has 2 rings (SSSR count). The molecule has 0 bridgehead atoms. The topological polar surface area (TPSA) is 26.3 Å². The number of ether oxygens (including phenoxy) is 1. The Labute approximate surface area is 178 Å². The monoisotopic (exact) mass is 414 g/mol. The van der Waals surface area contributed by atoms with Gasteiger partial charge in [0.15, 0.2) is 0 Å². The number of carbonyl (C=O) groups excluding carboxylic acids is 1. The van der Waals surface area contributed by atoms with Gasteiger partial charge in [-0.2, -0.15) is 30.3 Å². The molecule has 0 aliphatic carbocycles. The van der Waals surface area contributed by atoms with Crippen LogP contribution >= 0.6 is 0 Å². The van der Waals surface area contributed by atoms with Gasteiger partial charge in [-0.05, 0) is 23.6 Å². The third-order valence-corrected chi connectivity index (χ3v) is 2.82. The first kappa shape index (κ1) is 26.0. The zero-order chi connectivity index (χ0) is 18.2. The molecule has 0 aromatic heterocycles. The third kappa shape index (κ3) is 11.1. The standard InChI is InChI=1S/C18H17O2.2C2H6.Y/c1-2-14-20-18(19)13-10-15-8-11-17(12-9-15)16-6-4-3-5-7-16;2*1-2;/h4-13H,2,14H2,1H3;2*1-2H3;/q-1;;;. The van der Waals surface area contributed by atoms with Gasteiger partial charge < -0.3 is 4.74 Å². The predicted octanol–water partition coefficient (Wildman–Crippen LogP) is 6.17. The van der Waals surface area contributed by atoms with Gasteiger partial charge in [-0.1, -0.05) is 58.9 Å². The number of benzene rings is 2. The molecule has 0 unspecified atom stereocenters. The van der Waals surface area contributed by atoms with Crippen LogP contribution in [0.15, 0.2) is 54.6 Å². The Kier molecular flexibility index (Phi) is 18.3. The Hall–Kier alpha value is -1.25. The molecule has 133 valence electrons. The molecular formula is C22H29O2Y-. The number of rotatable bonds is 5. The fraction of sp³-hybridized carbons (Fsp3) is 0.318. The first-order chi connectivity index (χ1) is 11.8. The fourth-order valence-electron chi connectivity index (χ4n) is 1.78. The minimum Gasteiger partial charge on any atom is -0.463 e. The van der Waals surface area contributed by atoms with Crippen molar-refractivity contribution in [3.05, 3.63) is 66.2 Å². The van der Waals surface area contributed by atoms with E-state index in [1.807, 2.05) is 83.1 Å². The molecule has 0 aliphatic rings. The maximum Gasteiger partial charge on any atom is 0.330 e. The van der Waals surface area contributed by atoms with E-state index in [-0.39, 0.29) is 38.7 Å². The summed E-state index contributed by atoms with van der Waals surface area (Å²) in [4.78, 5) is 11.4. The van der Waals surface area contributed by atoms with Gasteiger partial charge in [0.25, 0.3) is 0 Å². The van der Waals surface area contributed by atoms with E-state index < -0.39 is 0 Å². The summed E-state index contributed by atoms with van der Waals surface area (Å²) in [6.45, 7) is 10.4. The van der Waals surface area contributed by atoms with Gasteiger partial charge in [-0.3, -0.25) is 0 Å². The van der Waals surface area contributed by atoms with Crippen molar-refractivity contribution in [2.45, 2.75) is 41.0 Å². The van der Waals surface area contributed by atoms with E-state index in [1.54, 1.807) is 6.08 Å². The normalized spacial score (nSPS) is 9.00. The minimum atomic E-state index is -0.297. The molecule has 0 amide bonds. The first-order valence-corrected chi connectivity index (χ1v) is 8.71. The molecule has 25 heavy (non-hydrogen) atoms. The van der Waals surface area contributed by atoms with Crippen LogP contribution in [0.3, 0.4) is 0 Å². The Morgan fingerprint density at radius 3 is 2.00 bits per heavy atom. The van der Waals surface area contributed by atoms with Gasteiger partial charge in [0.2, 0.25) is 0 Å². The molecule has 0 saturated heterocycles. The molecule has 1 radical (unpaired) electrons. The molecule has 2 aromatic rings. The fourth-order valence-corrected chi connectivity index (χ4v) is 1.78. The minimum absolute atomic E-state index is 0. The largest absolute Gasteiger partial charge is 0.463 e. The van der Waals surface area contributed by atoms with Crippen molar-refractivity contribution < 1.29 is 42.2 Å². The SMILES string of the molecule is CC.CC.CCCOC(=O)C=Cc1ccc(-c2cc[c-]cc2)cc1.[Y]. The summed E-state index contributed by atoms with van der Waals surface area (Å²) in [5.74, 6) is -0.297. The Morgan fingerprint density at radius 2 is 1.48 bits per heavy atom. The van der Waals surface area contributed by atoms with Gasteiger partial charge in [0, 0.05) is 38.8 Å². The second-order valence-corrected chi connectivity index (χ2v) is 4.41. The van der Waals surface area contributed by atoms with Crippen LogP contribution < -0.4 is 0 Å². The Morgan fingerprint density at radius 1 is 0.960 bits per heavy atom. The van der Waals surface area contributed by atoms with E-state index in [2.05, 4.69) is 6.07 Å². The van der Waals surface area contributed by atoms with Gasteiger partial charge >= 0.3 is 5.97 Å². The summed E-state index contributed by atoms with van der Waals surface area (Å²) in [6.07, 6.45) is 4.06. The smallest absolute Gasteiger partial charge is 0.330 e. The van der Waals surface area contributed by atoms with Crippen LogP contribution in [0.2, 0.25) is 0 Å². The van der Waals surface area contributed by atoms with Crippen LogP contribution in [0, 0.1) is 6.07 Å². The van der Waals surface area contributed by atoms with E-state index in [0.717, 1.165) is 23.1 Å². The van der Waals surface area contributed by atoms with Crippen LogP contribution in [-0.4, -0.2) is 12.6 Å². The molecule has 3 heteroatoms. The summed E-state index contributed by atoms with van der Waals surface area (Å²) < 4.78 is 4.98. The van der Waals surface area contributed by atoms with Crippen molar-refractivity contribution in [2.24, 2.45) is 0 Å². The van der Waals surface area contributed by atoms with Gasteiger partial charge in [0.05, 0.1) is 6.61 Å². The van der Waals surface area contributed by atoms with Crippen molar-refractivity contribution in [1.82, 2.24) is 0 Å². The summed E-state index contributed by atoms with van der Waals surface area (Å²) >= 11 is 0. The van der Waals surface area contributed by atoms with E-state index in [1.165, 1.54) is 6.08 Å². The maximum atomic E-state index is 11.4. The molecule has 2 nitrogen and oxygen atoms in total. The van der Waals surface area contributed by atoms with E-state index >= 15 is 0 Å². The molecule has 2 aromatic carbocycles. The number of hydrogen-bond acceptors (Lipinski definition) is 2. The predicted molar refractivity (Wildman–Crippen MR) is 104 cm³/mol. The van der Waals surface area contributed by atoms with Gasteiger partial charge in [-0.25, -0.2) is 4.79 Å². The quantitative estimate of drug-likeness (QED) is 0.332. The van der Waals surface area contributed by atoms with Crippen LogP contribution in [-0.2, 0) is 42.2 Å². The number of carbonyl (C=O) groups is 1. The zero-order valence-corrected chi connectivity index (χ0v) is 18.9. The average Bonchev–Trinajstić information content (AvgIpc) is 2.69. The molecule has 0 aliphatic heterocycles. The molecule has 0 spiro atoms. The molecule has 0 N–H and O–H groups in total. The van der Waals surface area contributed by atoms with Crippen LogP contribution in [0.5, 0.6) is 0 Å². The molecule has 0 heterocycles. The third-order valence-electron chi connectivity index (χ3n) is 2.82. The van der Waals surface area contributed by atoms with Gasteiger partial charge in [-0.15, -0.1) is 5.56 Å². The molecular weight excluding hydrogens is 385 g/mol. The van der Waals surface area contributed by atoms with E-state index in [9.17, 15) is 4.79 Å². The van der Waals surface area contributed by atoms with Crippen molar-refractivity contribution in [2.75, 3.05) is 6.61 Å². The summed E-state index contributed by atoms with van der Waals surface area (Å²) in [6, 6.07) is 18.9. The number of hydrogen-bond donors (Lipinski definition) is 0. The molecule has 0 fully saturated rings.